The maximum absolute atomic E-state index is 14.1. The molecule has 0 unspecified atom stereocenters. The Morgan fingerprint density at radius 1 is 1.17 bits per heavy atom. The highest BCUT2D eigenvalue weighted by atomic mass is 35.5. The zero-order chi connectivity index (χ0) is 25.5. The number of furan rings is 1. The van der Waals surface area contributed by atoms with E-state index in [4.69, 9.17) is 16.0 Å². The van der Waals surface area contributed by atoms with Crippen molar-refractivity contribution >= 4 is 40.9 Å². The molecule has 0 bridgehead atoms. The van der Waals surface area contributed by atoms with Crippen LogP contribution in [0.2, 0.25) is 5.02 Å². The van der Waals surface area contributed by atoms with Gasteiger partial charge >= 0.3 is 0 Å². The van der Waals surface area contributed by atoms with Crippen LogP contribution in [0.3, 0.4) is 0 Å². The number of aliphatic hydroxyl groups excluding tert-OH is 1. The van der Waals surface area contributed by atoms with E-state index in [1.165, 1.54) is 12.1 Å². The molecule has 186 valence electrons. The zero-order valence-electron chi connectivity index (χ0n) is 19.2. The number of carbonyl (C=O) groups excluding carboxylic acids is 4. The van der Waals surface area contributed by atoms with E-state index in [1.807, 2.05) is 6.08 Å². The van der Waals surface area contributed by atoms with Crippen LogP contribution in [0.5, 0.6) is 0 Å². The van der Waals surface area contributed by atoms with Crippen molar-refractivity contribution in [2.24, 2.45) is 29.1 Å². The third-order valence-electron chi connectivity index (χ3n) is 8.40. The monoisotopic (exact) mass is 512 g/mol. The quantitative estimate of drug-likeness (QED) is 0.482. The number of amides is 4. The first-order valence-corrected chi connectivity index (χ1v) is 12.1. The van der Waals surface area contributed by atoms with Crippen molar-refractivity contribution in [1.82, 2.24) is 5.32 Å². The number of hydrogen-bond acceptors (Lipinski definition) is 6. The lowest BCUT2D eigenvalue weighted by Crippen LogP contribution is -2.48. The molecular weight excluding hydrogens is 491 g/mol. The first-order chi connectivity index (χ1) is 17.2. The van der Waals surface area contributed by atoms with Gasteiger partial charge in [0, 0.05) is 0 Å². The predicted octanol–water partition coefficient (Wildman–Crippen LogP) is 3.08. The summed E-state index contributed by atoms with van der Waals surface area (Å²) in [5.41, 5.74) is -0.347. The second kappa shape index (κ2) is 7.85. The summed E-state index contributed by atoms with van der Waals surface area (Å²) >= 11 is 5.96. The Bertz CT molecular complexity index is 1380. The number of halogens is 2. The summed E-state index contributed by atoms with van der Waals surface area (Å²) in [4.78, 5) is 54.1. The van der Waals surface area contributed by atoms with Gasteiger partial charge in [-0.05, 0) is 56.0 Å². The molecule has 4 amide bonds. The number of nitrogens with zero attached hydrogens (tertiary/aromatic N) is 1. The Hall–Kier alpha value is -3.30. The number of hydrogen-bond donors (Lipinski definition) is 2. The van der Waals surface area contributed by atoms with Gasteiger partial charge in [0.05, 0.1) is 39.8 Å². The largest absolute Gasteiger partial charge is 0.463 e. The normalized spacial score (nSPS) is 33.3. The van der Waals surface area contributed by atoms with Crippen LogP contribution in [0.1, 0.15) is 37.2 Å². The molecule has 2 N–H and O–H groups in total. The molecule has 2 aromatic rings. The van der Waals surface area contributed by atoms with E-state index < -0.39 is 52.6 Å². The molecule has 2 saturated heterocycles. The Kier molecular flexibility index (Phi) is 5.04. The number of benzene rings is 1. The van der Waals surface area contributed by atoms with Crippen molar-refractivity contribution in [3.8, 4) is 0 Å². The predicted molar refractivity (Wildman–Crippen MR) is 124 cm³/mol. The molecule has 3 heterocycles. The fourth-order valence-corrected chi connectivity index (χ4v) is 6.91. The maximum Gasteiger partial charge on any atom is 0.241 e. The van der Waals surface area contributed by atoms with Crippen molar-refractivity contribution in [1.29, 1.82) is 0 Å². The summed E-state index contributed by atoms with van der Waals surface area (Å²) in [6.07, 6.45) is 2.43. The molecule has 1 saturated carbocycles. The fraction of sp³-hybridized carbons (Fsp3) is 0.385. The summed E-state index contributed by atoms with van der Waals surface area (Å²) in [5.74, 6) is -4.81. The lowest BCUT2D eigenvalue weighted by atomic mass is 9.52. The smallest absolute Gasteiger partial charge is 0.241 e. The summed E-state index contributed by atoms with van der Waals surface area (Å²) in [5, 5.41) is 11.8. The van der Waals surface area contributed by atoms with Crippen LogP contribution in [0, 0.1) is 34.9 Å². The molecule has 6 rings (SSSR count). The highest BCUT2D eigenvalue weighted by Crippen LogP contribution is 2.63. The number of aliphatic hydroxyl groups is 1. The summed E-state index contributed by atoms with van der Waals surface area (Å²) in [6.45, 7) is 1.36. The lowest BCUT2D eigenvalue weighted by Gasteiger charge is -2.48. The van der Waals surface area contributed by atoms with Crippen molar-refractivity contribution in [3.63, 3.8) is 0 Å². The van der Waals surface area contributed by atoms with E-state index in [-0.39, 0.29) is 35.6 Å². The highest BCUT2D eigenvalue weighted by Gasteiger charge is 2.67. The third kappa shape index (κ3) is 2.96. The topological polar surface area (TPSA) is 117 Å². The molecule has 1 aromatic heterocycles. The van der Waals surface area contributed by atoms with E-state index in [2.05, 4.69) is 5.32 Å². The van der Waals surface area contributed by atoms with Gasteiger partial charge in [-0.2, -0.15) is 0 Å². The van der Waals surface area contributed by atoms with E-state index in [9.17, 15) is 28.7 Å². The fourth-order valence-electron chi connectivity index (χ4n) is 6.73. The van der Waals surface area contributed by atoms with Crippen LogP contribution in [0.15, 0.2) is 46.4 Å². The third-order valence-corrected chi connectivity index (χ3v) is 8.69. The van der Waals surface area contributed by atoms with E-state index in [1.54, 1.807) is 19.1 Å². The Morgan fingerprint density at radius 3 is 2.64 bits per heavy atom. The highest BCUT2D eigenvalue weighted by molar-refractivity contribution is 6.31. The summed E-state index contributed by atoms with van der Waals surface area (Å²) < 4.78 is 19.7. The Morgan fingerprint density at radius 2 is 1.94 bits per heavy atom. The minimum atomic E-state index is -1.28. The average molecular weight is 513 g/mol. The van der Waals surface area contributed by atoms with Crippen LogP contribution in [0.25, 0.3) is 0 Å². The van der Waals surface area contributed by atoms with E-state index in [0.29, 0.717) is 17.9 Å². The minimum Gasteiger partial charge on any atom is -0.463 e. The van der Waals surface area contributed by atoms with Crippen LogP contribution in [-0.4, -0.2) is 28.7 Å². The Balaban J connectivity index is 1.52. The zero-order valence-corrected chi connectivity index (χ0v) is 19.9. The first-order valence-electron chi connectivity index (χ1n) is 11.7. The molecular formula is C26H22ClFN2O6. The van der Waals surface area contributed by atoms with Gasteiger partial charge in [0.25, 0.3) is 0 Å². The van der Waals surface area contributed by atoms with Gasteiger partial charge < -0.3 is 9.52 Å². The van der Waals surface area contributed by atoms with Gasteiger partial charge in [-0.3, -0.25) is 24.5 Å². The number of allylic oxidation sites excluding steroid dienone is 2. The van der Waals surface area contributed by atoms with Crippen LogP contribution < -0.4 is 10.2 Å². The van der Waals surface area contributed by atoms with Gasteiger partial charge in [0.15, 0.2) is 0 Å². The summed E-state index contributed by atoms with van der Waals surface area (Å²) in [6, 6.07) is 6.94. The number of nitrogens with one attached hydrogen (secondary N) is 1. The average Bonchev–Trinajstić information content (AvgIpc) is 3.49. The molecule has 2 aliphatic heterocycles. The van der Waals surface area contributed by atoms with Gasteiger partial charge in [-0.1, -0.05) is 23.3 Å². The van der Waals surface area contributed by atoms with Crippen molar-refractivity contribution in [2.45, 2.75) is 32.3 Å². The molecule has 10 heteroatoms. The molecule has 4 aliphatic rings. The van der Waals surface area contributed by atoms with Gasteiger partial charge in [0.1, 0.15) is 23.9 Å². The van der Waals surface area contributed by atoms with E-state index >= 15 is 0 Å². The van der Waals surface area contributed by atoms with Crippen LogP contribution in [-0.2, 0) is 25.8 Å². The molecule has 1 aromatic carbocycles. The molecule has 2 aliphatic carbocycles. The maximum atomic E-state index is 14.1. The van der Waals surface area contributed by atoms with Crippen LogP contribution in [0.4, 0.5) is 10.1 Å². The van der Waals surface area contributed by atoms with Gasteiger partial charge in [-0.15, -0.1) is 0 Å². The molecule has 0 radical (unpaired) electrons. The summed E-state index contributed by atoms with van der Waals surface area (Å²) in [7, 11) is 0. The first kappa shape index (κ1) is 23.1. The lowest BCUT2D eigenvalue weighted by molar-refractivity contribution is -0.131. The second-order valence-electron chi connectivity index (χ2n) is 10.1. The SMILES string of the molecule is C[C@@]12C(=O)N(c3ccc(F)c(Cl)c3)C(=O)[C@@H]1C[C@@H]1C(=CC[C@@H]3C(=O)NC(=O)[C@@H]31)[C@@H]2c1ccc(CO)o1. The van der Waals surface area contributed by atoms with Crippen molar-refractivity contribution in [2.75, 3.05) is 4.90 Å². The number of anilines is 1. The standard InChI is InChI=1S/C26H22ClFN2O6/c1-26-16(24(34)30(25(26)35)11-2-6-18(28)17(27)8-11)9-15-13(21(26)19-7-3-12(10-31)36-19)4-5-14-20(15)23(33)29-22(14)32/h2-4,6-8,14-16,20-21,31H,5,9-10H2,1H3,(H,29,32,33)/t14-,15+,16-,20-,21+,26+/m0/s1. The Labute approximate surface area is 210 Å². The number of imide groups is 2. The molecule has 3 fully saturated rings. The van der Waals surface area contributed by atoms with E-state index in [0.717, 1.165) is 16.5 Å². The molecule has 36 heavy (non-hydrogen) atoms. The minimum absolute atomic E-state index is 0.157. The number of rotatable bonds is 3. The van der Waals surface area contributed by atoms with Crippen molar-refractivity contribution in [3.05, 3.63) is 64.3 Å². The molecule has 0 spiro atoms. The second-order valence-corrected chi connectivity index (χ2v) is 10.5. The molecule has 8 nitrogen and oxygen atoms in total. The number of fused-ring (bicyclic) bond motifs is 4. The van der Waals surface area contributed by atoms with Crippen molar-refractivity contribution < 1.29 is 33.1 Å². The van der Waals surface area contributed by atoms with Gasteiger partial charge in [0.2, 0.25) is 23.6 Å². The van der Waals surface area contributed by atoms with Gasteiger partial charge in [-0.25, -0.2) is 9.29 Å². The number of carbonyl (C=O) groups is 4. The molecule has 6 atom stereocenters. The van der Waals surface area contributed by atoms with Crippen LogP contribution >= 0.6 is 11.6 Å².